The molecule has 0 bridgehead atoms. The van der Waals surface area contributed by atoms with E-state index < -0.39 is 68.9 Å². The Morgan fingerprint density at radius 1 is 0.917 bits per heavy atom. The van der Waals surface area contributed by atoms with E-state index in [0.717, 1.165) is 30.7 Å². The van der Waals surface area contributed by atoms with Gasteiger partial charge in [-0.1, -0.05) is 36.0 Å². The molecule has 1 atom stereocenters. The molecule has 1 aliphatic carbocycles. The van der Waals surface area contributed by atoms with Crippen LogP contribution in [0.5, 0.6) is 0 Å². The summed E-state index contributed by atoms with van der Waals surface area (Å²) in [6.45, 7) is 0.0284. The van der Waals surface area contributed by atoms with Crippen LogP contribution in [0.4, 0.5) is 45.2 Å². The summed E-state index contributed by atoms with van der Waals surface area (Å²) in [4.78, 5) is 7.57. The second kappa shape index (κ2) is 9.28. The monoisotopic (exact) mass is 567 g/mol. The summed E-state index contributed by atoms with van der Waals surface area (Å²) >= 11 is 12.1. The third kappa shape index (κ3) is 5.25. The zero-order valence-corrected chi connectivity index (χ0v) is 19.4. The number of fused-ring (bicyclic) bond motifs is 1. The third-order valence-corrected chi connectivity index (χ3v) is 6.42. The van der Waals surface area contributed by atoms with Crippen molar-refractivity contribution < 1.29 is 39.5 Å². The molecule has 2 aliphatic heterocycles. The van der Waals surface area contributed by atoms with Gasteiger partial charge in [0, 0.05) is 6.54 Å². The van der Waals surface area contributed by atoms with Crippen molar-refractivity contribution in [2.24, 2.45) is 15.9 Å². The Bertz CT molecular complexity index is 1110. The van der Waals surface area contributed by atoms with Crippen LogP contribution in [0, 0.1) is 5.92 Å². The maximum atomic E-state index is 13.9. The van der Waals surface area contributed by atoms with Gasteiger partial charge in [-0.3, -0.25) is 10.0 Å². The minimum atomic E-state index is -5.28. The molecule has 2 fully saturated rings. The number of aliphatic imine (C=N–C) groups is 2. The highest BCUT2D eigenvalue weighted by Crippen LogP contribution is 2.44. The smallest absolute Gasteiger partial charge is 0.332 e. The minimum Gasteiger partial charge on any atom is -0.332 e. The highest BCUT2D eigenvalue weighted by molar-refractivity contribution is 6.40. The Labute approximate surface area is 208 Å². The number of alkyl halides is 9. The molecule has 0 aromatic heterocycles. The molecule has 1 aromatic rings. The summed E-state index contributed by atoms with van der Waals surface area (Å²) < 4.78 is 121. The molecule has 3 aliphatic rings. The first-order valence-corrected chi connectivity index (χ1v) is 11.2. The standard InChI is InChI=1S/C20H16Cl2F9N5/c21-10-5-9(18(23,24)25)6-11(22)13(10)36-16(32-7-8-3-1-2-4-8)12-14(19(26,27)28)33-17(20(29,30)31)34-15(12)35-36/h5-6,8,15,35H,1-4,7H2,(H,33,34). The van der Waals surface area contributed by atoms with E-state index >= 15 is 0 Å². The second-order valence-corrected chi connectivity index (χ2v) is 9.17. The molecule has 0 spiro atoms. The van der Waals surface area contributed by atoms with Gasteiger partial charge >= 0.3 is 18.5 Å². The van der Waals surface area contributed by atoms with E-state index in [9.17, 15) is 39.5 Å². The number of halogens is 11. The van der Waals surface area contributed by atoms with Gasteiger partial charge in [-0.25, -0.2) is 4.99 Å². The van der Waals surface area contributed by atoms with Gasteiger partial charge in [-0.2, -0.15) is 44.9 Å². The molecule has 1 unspecified atom stereocenters. The van der Waals surface area contributed by atoms with Crippen LogP contribution in [0.3, 0.4) is 0 Å². The van der Waals surface area contributed by atoms with E-state index in [1.54, 1.807) is 0 Å². The Hall–Kier alpha value is -2.19. The normalized spacial score (nSPS) is 22.9. The van der Waals surface area contributed by atoms with E-state index in [0.29, 0.717) is 12.1 Å². The van der Waals surface area contributed by atoms with E-state index in [4.69, 9.17) is 23.2 Å². The summed E-state index contributed by atoms with van der Waals surface area (Å²) in [6.07, 6.45) is -14.0. The SMILES string of the molecule is FC(F)(F)C1=NC2NN(c3c(Cl)cc(C(F)(F)F)cc3Cl)C(=NCC3CCCC3)C2=C(C(F)(F)F)N1. The average Bonchev–Trinajstić information content (AvgIpc) is 3.36. The van der Waals surface area contributed by atoms with Gasteiger partial charge in [0.2, 0.25) is 5.84 Å². The number of anilines is 1. The molecule has 16 heteroatoms. The molecule has 0 amide bonds. The van der Waals surface area contributed by atoms with E-state index in [1.807, 2.05) is 0 Å². The predicted molar refractivity (Wildman–Crippen MR) is 115 cm³/mol. The fourth-order valence-corrected chi connectivity index (χ4v) is 4.88. The molecule has 2 heterocycles. The summed E-state index contributed by atoms with van der Waals surface area (Å²) in [5.41, 5.74) is -1.81. The summed E-state index contributed by atoms with van der Waals surface area (Å²) in [5.74, 6) is -2.39. The molecular weight excluding hydrogens is 552 g/mol. The second-order valence-electron chi connectivity index (χ2n) is 8.35. The quantitative estimate of drug-likeness (QED) is 0.403. The first-order valence-electron chi connectivity index (χ1n) is 10.5. The van der Waals surface area contributed by atoms with Crippen LogP contribution in [-0.4, -0.2) is 36.7 Å². The van der Waals surface area contributed by atoms with Gasteiger partial charge < -0.3 is 5.32 Å². The number of amidine groups is 2. The summed E-state index contributed by atoms with van der Waals surface area (Å²) in [7, 11) is 0. The minimum absolute atomic E-state index is 0.0117. The Balaban J connectivity index is 1.88. The highest BCUT2D eigenvalue weighted by Gasteiger charge is 2.52. The maximum absolute atomic E-state index is 13.9. The van der Waals surface area contributed by atoms with E-state index in [1.165, 1.54) is 5.32 Å². The van der Waals surface area contributed by atoms with Crippen molar-refractivity contribution in [3.05, 3.63) is 39.0 Å². The maximum Gasteiger partial charge on any atom is 0.449 e. The van der Waals surface area contributed by atoms with Crippen molar-refractivity contribution in [3.8, 4) is 0 Å². The number of nitrogens with zero attached hydrogens (tertiary/aromatic N) is 3. The fourth-order valence-electron chi connectivity index (χ4n) is 4.23. The van der Waals surface area contributed by atoms with Crippen LogP contribution in [-0.2, 0) is 6.18 Å². The van der Waals surface area contributed by atoms with Crippen LogP contribution < -0.4 is 15.8 Å². The van der Waals surface area contributed by atoms with Crippen LogP contribution >= 0.6 is 23.2 Å². The average molecular weight is 568 g/mol. The van der Waals surface area contributed by atoms with Gasteiger partial charge in [0.15, 0.2) is 5.84 Å². The number of hydrazine groups is 1. The van der Waals surface area contributed by atoms with Gasteiger partial charge in [0.1, 0.15) is 11.9 Å². The molecule has 4 rings (SSSR count). The van der Waals surface area contributed by atoms with Crippen LogP contribution in [0.15, 0.2) is 33.4 Å². The van der Waals surface area contributed by atoms with Gasteiger partial charge in [0.05, 0.1) is 26.9 Å². The lowest BCUT2D eigenvalue weighted by Crippen LogP contribution is -2.47. The first kappa shape index (κ1) is 26.9. The number of allylic oxidation sites excluding steroid dienone is 1. The Morgan fingerprint density at radius 3 is 2.00 bits per heavy atom. The lowest BCUT2D eigenvalue weighted by molar-refractivity contribution is -0.137. The molecule has 1 saturated heterocycles. The van der Waals surface area contributed by atoms with E-state index in [2.05, 4.69) is 15.4 Å². The number of benzene rings is 1. The van der Waals surface area contributed by atoms with Crippen molar-refractivity contribution >= 4 is 40.6 Å². The zero-order chi connectivity index (χ0) is 26.6. The van der Waals surface area contributed by atoms with Crippen molar-refractivity contribution in [1.82, 2.24) is 10.7 Å². The van der Waals surface area contributed by atoms with Crippen molar-refractivity contribution in [2.75, 3.05) is 11.6 Å². The number of hydrogen-bond donors (Lipinski definition) is 2. The Kier molecular flexibility index (Phi) is 6.92. The molecule has 0 radical (unpaired) electrons. The molecule has 36 heavy (non-hydrogen) atoms. The number of rotatable bonds is 3. The van der Waals surface area contributed by atoms with Crippen molar-refractivity contribution in [3.63, 3.8) is 0 Å². The Morgan fingerprint density at radius 2 is 1.50 bits per heavy atom. The topological polar surface area (TPSA) is 52.0 Å². The van der Waals surface area contributed by atoms with Crippen molar-refractivity contribution in [2.45, 2.75) is 50.4 Å². The summed E-state index contributed by atoms with van der Waals surface area (Å²) in [5, 5.41) is 0.842. The largest absolute Gasteiger partial charge is 0.449 e. The van der Waals surface area contributed by atoms with Crippen LogP contribution in [0.25, 0.3) is 0 Å². The number of nitrogens with one attached hydrogen (secondary N) is 2. The molecule has 2 N–H and O–H groups in total. The lowest BCUT2D eigenvalue weighted by atomic mass is 10.1. The van der Waals surface area contributed by atoms with Crippen molar-refractivity contribution in [1.29, 1.82) is 0 Å². The molecular formula is C20H16Cl2F9N5. The summed E-state index contributed by atoms with van der Waals surface area (Å²) in [6, 6.07) is 1.01. The third-order valence-electron chi connectivity index (χ3n) is 5.84. The molecule has 1 aromatic carbocycles. The predicted octanol–water partition coefficient (Wildman–Crippen LogP) is 6.63. The zero-order valence-electron chi connectivity index (χ0n) is 17.8. The molecule has 5 nitrogen and oxygen atoms in total. The van der Waals surface area contributed by atoms with E-state index in [-0.39, 0.29) is 12.5 Å². The molecule has 198 valence electrons. The lowest BCUT2D eigenvalue weighted by Gasteiger charge is -2.25. The van der Waals surface area contributed by atoms with Crippen LogP contribution in [0.2, 0.25) is 10.0 Å². The van der Waals surface area contributed by atoms with Gasteiger partial charge in [-0.05, 0) is 30.9 Å². The fraction of sp³-hybridized carbons (Fsp3) is 0.500. The van der Waals surface area contributed by atoms with Crippen LogP contribution in [0.1, 0.15) is 31.2 Å². The molecule has 1 saturated carbocycles. The highest BCUT2D eigenvalue weighted by atomic mass is 35.5. The first-order chi connectivity index (χ1) is 16.6. The van der Waals surface area contributed by atoms with Gasteiger partial charge in [-0.15, -0.1) is 0 Å². The number of hydrogen-bond acceptors (Lipinski definition) is 4. The van der Waals surface area contributed by atoms with Gasteiger partial charge in [0.25, 0.3) is 0 Å².